The zero-order valence-electron chi connectivity index (χ0n) is 13.7. The van der Waals surface area contributed by atoms with Crippen LogP contribution in [-0.2, 0) is 6.42 Å². The SMILES string of the molecule is Fc1cncc(-c2cc(Cl)nc(NCCc3c[nH]c4ccccc34)n2)c1. The number of hydrogen-bond acceptors (Lipinski definition) is 4. The van der Waals surface area contributed by atoms with Gasteiger partial charge >= 0.3 is 0 Å². The van der Waals surface area contributed by atoms with Gasteiger partial charge in [0.25, 0.3) is 0 Å². The van der Waals surface area contributed by atoms with E-state index in [1.807, 2.05) is 24.4 Å². The van der Waals surface area contributed by atoms with Crippen LogP contribution in [0.15, 0.2) is 55.0 Å². The molecular formula is C19H15ClFN5. The summed E-state index contributed by atoms with van der Waals surface area (Å²) in [5.41, 5.74) is 3.40. The minimum Gasteiger partial charge on any atom is -0.361 e. The van der Waals surface area contributed by atoms with Crippen LogP contribution in [0.25, 0.3) is 22.2 Å². The highest BCUT2D eigenvalue weighted by atomic mass is 35.5. The number of para-hydroxylation sites is 1. The van der Waals surface area contributed by atoms with E-state index in [0.717, 1.165) is 18.1 Å². The number of H-pyrrole nitrogens is 1. The summed E-state index contributed by atoms with van der Waals surface area (Å²) in [5, 5.41) is 4.67. The third kappa shape index (κ3) is 3.50. The summed E-state index contributed by atoms with van der Waals surface area (Å²) in [6.07, 6.45) is 5.50. The van der Waals surface area contributed by atoms with Gasteiger partial charge in [0.1, 0.15) is 11.0 Å². The summed E-state index contributed by atoms with van der Waals surface area (Å²) >= 11 is 6.09. The molecule has 7 heteroatoms. The lowest BCUT2D eigenvalue weighted by atomic mass is 10.1. The maximum atomic E-state index is 13.4. The van der Waals surface area contributed by atoms with E-state index in [0.29, 0.717) is 23.8 Å². The highest BCUT2D eigenvalue weighted by Gasteiger charge is 2.08. The van der Waals surface area contributed by atoms with E-state index in [1.54, 1.807) is 6.07 Å². The first-order valence-corrected chi connectivity index (χ1v) is 8.51. The number of nitrogens with zero attached hydrogens (tertiary/aromatic N) is 3. The smallest absolute Gasteiger partial charge is 0.224 e. The molecule has 0 aliphatic carbocycles. The largest absolute Gasteiger partial charge is 0.361 e. The third-order valence-electron chi connectivity index (χ3n) is 4.05. The lowest BCUT2D eigenvalue weighted by Gasteiger charge is -2.07. The maximum Gasteiger partial charge on any atom is 0.224 e. The van der Waals surface area contributed by atoms with Crippen molar-refractivity contribution < 1.29 is 4.39 Å². The van der Waals surface area contributed by atoms with Gasteiger partial charge in [-0.2, -0.15) is 0 Å². The quantitative estimate of drug-likeness (QED) is 0.511. The van der Waals surface area contributed by atoms with Crippen molar-refractivity contribution in [1.82, 2.24) is 19.9 Å². The predicted molar refractivity (Wildman–Crippen MR) is 101 cm³/mol. The first-order valence-electron chi connectivity index (χ1n) is 8.13. The Morgan fingerprint density at radius 3 is 2.88 bits per heavy atom. The molecule has 3 heterocycles. The first-order chi connectivity index (χ1) is 12.7. The molecule has 4 aromatic rings. The average molecular weight is 368 g/mol. The van der Waals surface area contributed by atoms with Crippen LogP contribution in [0.5, 0.6) is 0 Å². The molecule has 0 saturated heterocycles. The molecule has 0 amide bonds. The van der Waals surface area contributed by atoms with Crippen LogP contribution in [-0.4, -0.2) is 26.5 Å². The lowest BCUT2D eigenvalue weighted by Crippen LogP contribution is -2.08. The zero-order chi connectivity index (χ0) is 17.9. The van der Waals surface area contributed by atoms with Crippen molar-refractivity contribution >= 4 is 28.5 Å². The Morgan fingerprint density at radius 2 is 2.00 bits per heavy atom. The summed E-state index contributed by atoms with van der Waals surface area (Å²) in [6, 6.07) is 11.1. The molecule has 1 aromatic carbocycles. The van der Waals surface area contributed by atoms with Gasteiger partial charge < -0.3 is 10.3 Å². The molecule has 26 heavy (non-hydrogen) atoms. The molecule has 0 bridgehead atoms. The molecule has 0 aliphatic heterocycles. The van der Waals surface area contributed by atoms with Gasteiger partial charge in [0.15, 0.2) is 0 Å². The number of rotatable bonds is 5. The minimum absolute atomic E-state index is 0.286. The Morgan fingerprint density at radius 1 is 1.12 bits per heavy atom. The standard InChI is InChI=1S/C19H15ClFN5/c20-18-8-17(13-7-14(21)11-22-9-13)25-19(26-18)23-6-5-12-10-24-16-4-2-1-3-15(12)16/h1-4,7-11,24H,5-6H2,(H,23,25,26). The van der Waals surface area contributed by atoms with Gasteiger partial charge in [-0.3, -0.25) is 4.98 Å². The number of nitrogens with one attached hydrogen (secondary N) is 2. The minimum atomic E-state index is -0.425. The van der Waals surface area contributed by atoms with Crippen LogP contribution >= 0.6 is 11.6 Å². The molecule has 4 rings (SSSR count). The molecule has 5 nitrogen and oxygen atoms in total. The molecule has 2 N–H and O–H groups in total. The van der Waals surface area contributed by atoms with Crippen molar-refractivity contribution in [3.63, 3.8) is 0 Å². The Hall–Kier alpha value is -2.99. The van der Waals surface area contributed by atoms with Crippen molar-refractivity contribution in [1.29, 1.82) is 0 Å². The van der Waals surface area contributed by atoms with Crippen molar-refractivity contribution in [2.75, 3.05) is 11.9 Å². The number of anilines is 1. The fraction of sp³-hybridized carbons (Fsp3) is 0.105. The average Bonchev–Trinajstić information content (AvgIpc) is 3.05. The van der Waals surface area contributed by atoms with E-state index in [1.165, 1.54) is 23.2 Å². The second kappa shape index (κ2) is 7.09. The predicted octanol–water partition coefficient (Wildman–Crippen LogP) is 4.47. The number of aromatic amines is 1. The number of fused-ring (bicyclic) bond motifs is 1. The normalized spacial score (nSPS) is 11.0. The molecule has 130 valence electrons. The van der Waals surface area contributed by atoms with Gasteiger partial charge in [-0.1, -0.05) is 29.8 Å². The molecule has 3 aromatic heterocycles. The van der Waals surface area contributed by atoms with Gasteiger partial charge in [-0.25, -0.2) is 14.4 Å². The first kappa shape index (κ1) is 16.5. The van der Waals surface area contributed by atoms with Crippen LogP contribution in [0, 0.1) is 5.82 Å². The van der Waals surface area contributed by atoms with Crippen LogP contribution in [0.2, 0.25) is 5.15 Å². The molecule has 0 atom stereocenters. The maximum absolute atomic E-state index is 13.4. The molecule has 0 aliphatic rings. The van der Waals surface area contributed by atoms with Crippen molar-refractivity contribution in [2.45, 2.75) is 6.42 Å². The van der Waals surface area contributed by atoms with E-state index in [4.69, 9.17) is 11.6 Å². The number of benzene rings is 1. The lowest BCUT2D eigenvalue weighted by molar-refractivity contribution is 0.622. The van der Waals surface area contributed by atoms with Crippen molar-refractivity contribution in [2.24, 2.45) is 0 Å². The second-order valence-corrected chi connectivity index (χ2v) is 6.21. The Bertz CT molecular complexity index is 1060. The Labute approximate surface area is 154 Å². The topological polar surface area (TPSA) is 66.5 Å². The fourth-order valence-electron chi connectivity index (χ4n) is 2.84. The third-order valence-corrected chi connectivity index (χ3v) is 4.24. The van der Waals surface area contributed by atoms with Gasteiger partial charge in [0.05, 0.1) is 11.9 Å². The highest BCUT2D eigenvalue weighted by Crippen LogP contribution is 2.22. The summed E-state index contributed by atoms with van der Waals surface area (Å²) in [7, 11) is 0. The van der Waals surface area contributed by atoms with E-state index in [-0.39, 0.29) is 5.15 Å². The van der Waals surface area contributed by atoms with Gasteiger partial charge in [-0.15, -0.1) is 0 Å². The van der Waals surface area contributed by atoms with E-state index < -0.39 is 5.82 Å². The summed E-state index contributed by atoms with van der Waals surface area (Å²) in [5.74, 6) is -0.0253. The summed E-state index contributed by atoms with van der Waals surface area (Å²) < 4.78 is 13.4. The fourth-order valence-corrected chi connectivity index (χ4v) is 3.03. The van der Waals surface area contributed by atoms with Gasteiger partial charge in [0, 0.05) is 41.5 Å². The van der Waals surface area contributed by atoms with Crippen LogP contribution in [0.4, 0.5) is 10.3 Å². The van der Waals surface area contributed by atoms with E-state index >= 15 is 0 Å². The second-order valence-electron chi connectivity index (χ2n) is 5.83. The van der Waals surface area contributed by atoms with Gasteiger partial charge in [0.2, 0.25) is 5.95 Å². The summed E-state index contributed by atoms with van der Waals surface area (Å²) in [6.45, 7) is 0.642. The number of aromatic nitrogens is 4. The molecule has 0 unspecified atom stereocenters. The number of hydrogen-bond donors (Lipinski definition) is 2. The van der Waals surface area contributed by atoms with Crippen LogP contribution in [0.1, 0.15) is 5.56 Å². The van der Waals surface area contributed by atoms with Crippen LogP contribution in [0.3, 0.4) is 0 Å². The highest BCUT2D eigenvalue weighted by molar-refractivity contribution is 6.29. The molecule has 0 fully saturated rings. The monoisotopic (exact) mass is 367 g/mol. The molecular weight excluding hydrogens is 353 g/mol. The molecule has 0 spiro atoms. The molecule has 0 radical (unpaired) electrons. The van der Waals surface area contributed by atoms with Gasteiger partial charge in [-0.05, 0) is 24.1 Å². The number of pyridine rings is 1. The van der Waals surface area contributed by atoms with E-state index in [2.05, 4.69) is 31.3 Å². The zero-order valence-corrected chi connectivity index (χ0v) is 14.5. The van der Waals surface area contributed by atoms with E-state index in [9.17, 15) is 4.39 Å². The Kier molecular flexibility index (Phi) is 4.50. The number of halogens is 2. The van der Waals surface area contributed by atoms with Crippen molar-refractivity contribution in [3.8, 4) is 11.3 Å². The van der Waals surface area contributed by atoms with Crippen LogP contribution < -0.4 is 5.32 Å². The summed E-state index contributed by atoms with van der Waals surface area (Å²) in [4.78, 5) is 15.7. The van der Waals surface area contributed by atoms with Crippen molar-refractivity contribution in [3.05, 3.63) is 71.5 Å². The molecule has 0 saturated carbocycles. The Balaban J connectivity index is 1.50.